The number of halogens is 1. The fourth-order valence-electron chi connectivity index (χ4n) is 3.50. The molecule has 0 aromatic heterocycles. The average molecular weight is 563 g/mol. The Balaban J connectivity index is 0.00000512. The van der Waals surface area contributed by atoms with E-state index in [0.717, 1.165) is 57.2 Å². The van der Waals surface area contributed by atoms with E-state index < -0.39 is 0 Å². The SMILES string of the molecule is CCCNC(=O)CN=C(NCC)N1CCN(Cc2cc(OC)c(OC)c(OC)c2)CC1.I. The first-order valence-corrected chi connectivity index (χ1v) is 10.9. The second kappa shape index (κ2) is 15.0. The summed E-state index contributed by atoms with van der Waals surface area (Å²) in [6, 6.07) is 3.99. The molecule has 2 N–H and O–H groups in total. The van der Waals surface area contributed by atoms with Crippen molar-refractivity contribution in [2.24, 2.45) is 4.99 Å². The van der Waals surface area contributed by atoms with Gasteiger partial charge in [-0.25, -0.2) is 4.99 Å². The van der Waals surface area contributed by atoms with E-state index >= 15 is 0 Å². The summed E-state index contributed by atoms with van der Waals surface area (Å²) in [6.07, 6.45) is 0.920. The van der Waals surface area contributed by atoms with Gasteiger partial charge in [0.05, 0.1) is 21.3 Å². The lowest BCUT2D eigenvalue weighted by Gasteiger charge is -2.36. The second-order valence-electron chi connectivity index (χ2n) is 7.32. The van der Waals surface area contributed by atoms with E-state index in [2.05, 4.69) is 25.4 Å². The zero-order chi connectivity index (χ0) is 22.6. The average Bonchev–Trinajstić information content (AvgIpc) is 2.80. The minimum Gasteiger partial charge on any atom is -0.493 e. The first-order valence-electron chi connectivity index (χ1n) is 10.9. The van der Waals surface area contributed by atoms with E-state index in [9.17, 15) is 4.79 Å². The van der Waals surface area contributed by atoms with Gasteiger partial charge in [-0.05, 0) is 31.0 Å². The molecule has 2 rings (SSSR count). The van der Waals surface area contributed by atoms with Gasteiger partial charge in [0.1, 0.15) is 6.54 Å². The lowest BCUT2D eigenvalue weighted by atomic mass is 10.1. The molecule has 0 radical (unpaired) electrons. The molecular weight excluding hydrogens is 525 g/mol. The van der Waals surface area contributed by atoms with Crippen LogP contribution in [0.15, 0.2) is 17.1 Å². The van der Waals surface area contributed by atoms with Crippen LogP contribution in [-0.2, 0) is 11.3 Å². The number of benzene rings is 1. The molecule has 10 heteroatoms. The molecule has 9 nitrogen and oxygen atoms in total. The van der Waals surface area contributed by atoms with Crippen molar-refractivity contribution in [3.05, 3.63) is 17.7 Å². The molecule has 1 heterocycles. The number of carbonyl (C=O) groups is 1. The van der Waals surface area contributed by atoms with E-state index in [-0.39, 0.29) is 36.4 Å². The van der Waals surface area contributed by atoms with Gasteiger partial charge in [-0.15, -0.1) is 24.0 Å². The number of hydrogen-bond acceptors (Lipinski definition) is 6. The van der Waals surface area contributed by atoms with Gasteiger partial charge in [0.2, 0.25) is 11.7 Å². The maximum Gasteiger partial charge on any atom is 0.241 e. The Hall–Kier alpha value is -1.95. The molecule has 0 atom stereocenters. The molecule has 0 aliphatic carbocycles. The van der Waals surface area contributed by atoms with Gasteiger partial charge < -0.3 is 29.7 Å². The zero-order valence-electron chi connectivity index (χ0n) is 19.9. The summed E-state index contributed by atoms with van der Waals surface area (Å²) in [4.78, 5) is 21.0. The summed E-state index contributed by atoms with van der Waals surface area (Å²) in [7, 11) is 4.87. The third kappa shape index (κ3) is 8.19. The van der Waals surface area contributed by atoms with Crippen molar-refractivity contribution in [2.75, 3.05) is 67.1 Å². The molecule has 1 aromatic rings. The summed E-state index contributed by atoms with van der Waals surface area (Å²) in [5.74, 6) is 2.68. The normalized spacial score (nSPS) is 14.4. The van der Waals surface area contributed by atoms with Gasteiger partial charge in [0.15, 0.2) is 17.5 Å². The van der Waals surface area contributed by atoms with E-state index in [4.69, 9.17) is 14.2 Å². The Kier molecular flexibility index (Phi) is 13.2. The zero-order valence-corrected chi connectivity index (χ0v) is 22.2. The van der Waals surface area contributed by atoms with Gasteiger partial charge in [0.25, 0.3) is 0 Å². The van der Waals surface area contributed by atoms with E-state index in [1.165, 1.54) is 0 Å². The predicted molar refractivity (Wildman–Crippen MR) is 138 cm³/mol. The molecule has 1 amide bonds. The number of amides is 1. The summed E-state index contributed by atoms with van der Waals surface area (Å²) < 4.78 is 16.3. The van der Waals surface area contributed by atoms with Gasteiger partial charge in [0, 0.05) is 45.8 Å². The number of piperazine rings is 1. The van der Waals surface area contributed by atoms with Crippen LogP contribution in [0.3, 0.4) is 0 Å². The maximum absolute atomic E-state index is 11.9. The lowest BCUT2D eigenvalue weighted by Crippen LogP contribution is -2.52. The van der Waals surface area contributed by atoms with Crippen LogP contribution < -0.4 is 24.8 Å². The van der Waals surface area contributed by atoms with Gasteiger partial charge in [-0.3, -0.25) is 9.69 Å². The summed E-state index contributed by atoms with van der Waals surface area (Å²) >= 11 is 0. The summed E-state index contributed by atoms with van der Waals surface area (Å²) in [6.45, 7) is 9.92. The Morgan fingerprint density at radius 3 is 2.12 bits per heavy atom. The number of nitrogens with one attached hydrogen (secondary N) is 2. The van der Waals surface area contributed by atoms with Crippen LogP contribution in [0.1, 0.15) is 25.8 Å². The van der Waals surface area contributed by atoms with Crippen LogP contribution in [0.2, 0.25) is 0 Å². The van der Waals surface area contributed by atoms with Crippen molar-refractivity contribution in [1.82, 2.24) is 20.4 Å². The predicted octanol–water partition coefficient (Wildman–Crippen LogP) is 1.94. The van der Waals surface area contributed by atoms with Crippen molar-refractivity contribution < 1.29 is 19.0 Å². The second-order valence-corrected chi connectivity index (χ2v) is 7.32. The van der Waals surface area contributed by atoms with E-state index in [0.29, 0.717) is 23.8 Å². The fourth-order valence-corrected chi connectivity index (χ4v) is 3.50. The third-order valence-electron chi connectivity index (χ3n) is 5.08. The van der Waals surface area contributed by atoms with Gasteiger partial charge in [-0.2, -0.15) is 0 Å². The molecule has 1 fully saturated rings. The van der Waals surface area contributed by atoms with Crippen molar-refractivity contribution >= 4 is 35.8 Å². The fraction of sp³-hybridized carbons (Fsp3) is 0.636. The Labute approximate surface area is 208 Å². The molecular formula is C22H38IN5O4. The minimum absolute atomic E-state index is 0. The molecule has 1 aromatic carbocycles. The molecule has 1 aliphatic rings. The highest BCUT2D eigenvalue weighted by atomic mass is 127. The largest absolute Gasteiger partial charge is 0.493 e. The molecule has 1 aliphatic heterocycles. The van der Waals surface area contributed by atoms with Gasteiger partial charge >= 0.3 is 0 Å². The molecule has 1 saturated heterocycles. The summed E-state index contributed by atoms with van der Waals surface area (Å²) in [5, 5.41) is 6.17. The number of rotatable bonds is 10. The monoisotopic (exact) mass is 563 g/mol. The van der Waals surface area contributed by atoms with E-state index in [1.54, 1.807) is 21.3 Å². The maximum atomic E-state index is 11.9. The van der Waals surface area contributed by atoms with Crippen LogP contribution in [0, 0.1) is 0 Å². The third-order valence-corrected chi connectivity index (χ3v) is 5.08. The Morgan fingerprint density at radius 2 is 1.62 bits per heavy atom. The quantitative estimate of drug-likeness (QED) is 0.256. The molecule has 32 heavy (non-hydrogen) atoms. The number of nitrogens with zero attached hydrogens (tertiary/aromatic N) is 3. The van der Waals surface area contributed by atoms with Crippen molar-refractivity contribution in [1.29, 1.82) is 0 Å². The van der Waals surface area contributed by atoms with E-state index in [1.807, 2.05) is 26.0 Å². The van der Waals surface area contributed by atoms with Gasteiger partial charge in [-0.1, -0.05) is 6.92 Å². The Bertz CT molecular complexity index is 714. The van der Waals surface area contributed by atoms with Crippen molar-refractivity contribution in [2.45, 2.75) is 26.8 Å². The molecule has 182 valence electrons. The van der Waals surface area contributed by atoms with Crippen LogP contribution >= 0.6 is 24.0 Å². The highest BCUT2D eigenvalue weighted by molar-refractivity contribution is 14.0. The standard InChI is InChI=1S/C22H37N5O4.HI/c1-6-8-24-20(28)15-25-22(23-7-2)27-11-9-26(10-12-27)16-17-13-18(29-3)21(31-5)19(14-17)30-4;/h13-14H,6-12,15-16H2,1-5H3,(H,23,25)(H,24,28);1H. The minimum atomic E-state index is -0.0433. The first-order chi connectivity index (χ1) is 15.1. The molecule has 0 unspecified atom stereocenters. The highest BCUT2D eigenvalue weighted by Gasteiger charge is 2.21. The number of aliphatic imine (C=N–C) groups is 1. The highest BCUT2D eigenvalue weighted by Crippen LogP contribution is 2.38. The van der Waals surface area contributed by atoms with Crippen LogP contribution in [0.5, 0.6) is 17.2 Å². The smallest absolute Gasteiger partial charge is 0.241 e. The van der Waals surface area contributed by atoms with Crippen LogP contribution in [-0.4, -0.2) is 88.8 Å². The Morgan fingerprint density at radius 1 is 1.00 bits per heavy atom. The molecule has 0 spiro atoms. The van der Waals surface area contributed by atoms with Crippen LogP contribution in [0.4, 0.5) is 0 Å². The number of carbonyl (C=O) groups excluding carboxylic acids is 1. The summed E-state index contributed by atoms with van der Waals surface area (Å²) in [5.41, 5.74) is 1.11. The van der Waals surface area contributed by atoms with Crippen molar-refractivity contribution in [3.8, 4) is 17.2 Å². The number of ether oxygens (including phenoxy) is 3. The first kappa shape index (κ1) is 28.1. The lowest BCUT2D eigenvalue weighted by molar-refractivity contribution is -0.119. The topological polar surface area (TPSA) is 87.7 Å². The number of hydrogen-bond donors (Lipinski definition) is 2. The number of guanidine groups is 1. The molecule has 0 bridgehead atoms. The van der Waals surface area contributed by atoms with Crippen LogP contribution in [0.25, 0.3) is 0 Å². The molecule has 0 saturated carbocycles. The van der Waals surface area contributed by atoms with Crippen molar-refractivity contribution in [3.63, 3.8) is 0 Å². The number of methoxy groups -OCH3 is 3.